The fraction of sp³-hybridized carbons (Fsp3) is 0.571. The molecule has 2 rings (SSSR count). The van der Waals surface area contributed by atoms with Crippen LogP contribution >= 0.6 is 0 Å². The lowest BCUT2D eigenvalue weighted by Crippen LogP contribution is -2.49. The molecule has 1 aromatic rings. The number of hydrogen-bond donors (Lipinski definition) is 2. The highest BCUT2D eigenvalue weighted by Gasteiger charge is 2.28. The first kappa shape index (κ1) is 16.4. The van der Waals surface area contributed by atoms with Crippen LogP contribution in [0.4, 0.5) is 0 Å². The molecule has 1 saturated heterocycles. The molecule has 1 aromatic carbocycles. The summed E-state index contributed by atoms with van der Waals surface area (Å²) >= 11 is 0. The van der Waals surface area contributed by atoms with Crippen molar-refractivity contribution in [3.63, 3.8) is 0 Å². The zero-order valence-corrected chi connectivity index (χ0v) is 13.3. The van der Waals surface area contributed by atoms with Crippen molar-refractivity contribution in [2.75, 3.05) is 13.2 Å². The molecule has 118 valence electrons. The summed E-state index contributed by atoms with van der Waals surface area (Å²) < 4.78 is 33.6. The van der Waals surface area contributed by atoms with Gasteiger partial charge in [0.25, 0.3) is 0 Å². The molecule has 0 aromatic heterocycles. The number of primary sulfonamides is 1. The number of rotatable bonds is 4. The van der Waals surface area contributed by atoms with Crippen LogP contribution in [-0.2, 0) is 19.5 Å². The summed E-state index contributed by atoms with van der Waals surface area (Å²) in [6.07, 6.45) is 0. The van der Waals surface area contributed by atoms with Crippen LogP contribution in [0, 0.1) is 0 Å². The highest BCUT2D eigenvalue weighted by Crippen LogP contribution is 2.20. The molecule has 1 aliphatic rings. The van der Waals surface area contributed by atoms with E-state index in [-0.39, 0.29) is 17.0 Å². The Bertz CT molecular complexity index is 573. The van der Waals surface area contributed by atoms with Gasteiger partial charge in [-0.2, -0.15) is 0 Å². The number of nitrogens with one attached hydrogen (secondary N) is 1. The number of benzene rings is 1. The van der Waals surface area contributed by atoms with Crippen LogP contribution < -0.4 is 10.5 Å². The van der Waals surface area contributed by atoms with Gasteiger partial charge in [0.2, 0.25) is 10.0 Å². The Kier molecular flexibility index (Phi) is 4.69. The molecule has 0 saturated carbocycles. The summed E-state index contributed by atoms with van der Waals surface area (Å²) in [4.78, 5) is 0.115. The predicted molar refractivity (Wildman–Crippen MR) is 79.1 cm³/mol. The van der Waals surface area contributed by atoms with Crippen LogP contribution in [-0.4, -0.2) is 33.5 Å². The van der Waals surface area contributed by atoms with Gasteiger partial charge >= 0.3 is 0 Å². The van der Waals surface area contributed by atoms with Crippen molar-refractivity contribution in [2.45, 2.75) is 43.5 Å². The molecule has 0 bridgehead atoms. The minimum Gasteiger partial charge on any atom is -0.349 e. The van der Waals surface area contributed by atoms with Crippen molar-refractivity contribution in [3.05, 3.63) is 29.8 Å². The molecule has 3 N–H and O–H groups in total. The second-order valence-corrected chi connectivity index (χ2v) is 7.28. The SMILES string of the molecule is CC(NC1COC(C)(C)OC1)c1ccc(S(N)(=O)=O)cc1. The minimum absolute atomic E-state index is 0.0536. The first-order valence-electron chi connectivity index (χ1n) is 6.84. The van der Waals surface area contributed by atoms with E-state index in [1.807, 2.05) is 20.8 Å². The second kappa shape index (κ2) is 6.02. The molecule has 1 aliphatic heterocycles. The van der Waals surface area contributed by atoms with Crippen LogP contribution in [0.5, 0.6) is 0 Å². The van der Waals surface area contributed by atoms with Crippen molar-refractivity contribution >= 4 is 10.0 Å². The summed E-state index contributed by atoms with van der Waals surface area (Å²) in [7, 11) is -3.65. The zero-order chi connectivity index (χ0) is 15.7. The summed E-state index contributed by atoms with van der Waals surface area (Å²) in [5.41, 5.74) is 0.979. The Hall–Kier alpha value is -0.990. The molecule has 1 fully saturated rings. The van der Waals surface area contributed by atoms with Crippen molar-refractivity contribution in [1.82, 2.24) is 5.32 Å². The summed E-state index contributed by atoms with van der Waals surface area (Å²) in [5, 5.41) is 8.48. The number of sulfonamides is 1. The third-order valence-electron chi connectivity index (χ3n) is 3.46. The predicted octanol–water partition coefficient (Wildman–Crippen LogP) is 1.14. The quantitative estimate of drug-likeness (QED) is 0.869. The van der Waals surface area contributed by atoms with Gasteiger partial charge in [0.05, 0.1) is 24.2 Å². The lowest BCUT2D eigenvalue weighted by molar-refractivity contribution is -0.253. The highest BCUT2D eigenvalue weighted by molar-refractivity contribution is 7.89. The van der Waals surface area contributed by atoms with E-state index in [4.69, 9.17) is 14.6 Å². The Labute approximate surface area is 125 Å². The van der Waals surface area contributed by atoms with E-state index in [1.54, 1.807) is 12.1 Å². The highest BCUT2D eigenvalue weighted by atomic mass is 32.2. The van der Waals surface area contributed by atoms with E-state index >= 15 is 0 Å². The zero-order valence-electron chi connectivity index (χ0n) is 12.5. The van der Waals surface area contributed by atoms with Gasteiger partial charge in [-0.15, -0.1) is 0 Å². The number of hydrogen-bond acceptors (Lipinski definition) is 5. The third kappa shape index (κ3) is 4.49. The fourth-order valence-corrected chi connectivity index (χ4v) is 2.70. The fourth-order valence-electron chi connectivity index (χ4n) is 2.18. The minimum atomic E-state index is -3.65. The van der Waals surface area contributed by atoms with Gasteiger partial charge in [0.1, 0.15) is 0 Å². The van der Waals surface area contributed by atoms with E-state index in [2.05, 4.69) is 5.32 Å². The molecule has 6 nitrogen and oxygen atoms in total. The maximum absolute atomic E-state index is 11.2. The lowest BCUT2D eigenvalue weighted by Gasteiger charge is -2.36. The van der Waals surface area contributed by atoms with Gasteiger partial charge in [-0.05, 0) is 38.5 Å². The van der Waals surface area contributed by atoms with Crippen molar-refractivity contribution in [2.24, 2.45) is 5.14 Å². The Balaban J connectivity index is 1.96. The van der Waals surface area contributed by atoms with Crippen molar-refractivity contribution in [3.8, 4) is 0 Å². The van der Waals surface area contributed by atoms with Gasteiger partial charge in [-0.3, -0.25) is 0 Å². The van der Waals surface area contributed by atoms with Gasteiger partial charge in [0, 0.05) is 6.04 Å². The Morgan fingerprint density at radius 3 is 2.24 bits per heavy atom. The second-order valence-electron chi connectivity index (χ2n) is 5.72. The molecule has 0 radical (unpaired) electrons. The first-order chi connectivity index (χ1) is 9.67. The Morgan fingerprint density at radius 2 is 1.76 bits per heavy atom. The van der Waals surface area contributed by atoms with Gasteiger partial charge in [0.15, 0.2) is 5.79 Å². The van der Waals surface area contributed by atoms with Crippen LogP contribution in [0.15, 0.2) is 29.2 Å². The smallest absolute Gasteiger partial charge is 0.238 e. The van der Waals surface area contributed by atoms with E-state index in [0.717, 1.165) is 5.56 Å². The van der Waals surface area contributed by atoms with E-state index in [9.17, 15) is 8.42 Å². The van der Waals surface area contributed by atoms with Gasteiger partial charge < -0.3 is 14.8 Å². The first-order valence-corrected chi connectivity index (χ1v) is 8.39. The molecule has 1 unspecified atom stereocenters. The molecule has 1 atom stereocenters. The van der Waals surface area contributed by atoms with E-state index < -0.39 is 15.8 Å². The monoisotopic (exact) mass is 314 g/mol. The van der Waals surface area contributed by atoms with Gasteiger partial charge in [-0.25, -0.2) is 13.6 Å². The lowest BCUT2D eigenvalue weighted by atomic mass is 10.1. The van der Waals surface area contributed by atoms with Crippen LogP contribution in [0.3, 0.4) is 0 Å². The molecule has 0 spiro atoms. The van der Waals surface area contributed by atoms with E-state index in [1.165, 1.54) is 12.1 Å². The molecule has 21 heavy (non-hydrogen) atoms. The normalized spacial score (nSPS) is 21.1. The van der Waals surface area contributed by atoms with Crippen LogP contribution in [0.25, 0.3) is 0 Å². The van der Waals surface area contributed by atoms with Crippen LogP contribution in [0.1, 0.15) is 32.4 Å². The molecule has 0 amide bonds. The van der Waals surface area contributed by atoms with Crippen molar-refractivity contribution < 1.29 is 17.9 Å². The summed E-state index contributed by atoms with van der Waals surface area (Å²) in [5.74, 6) is -0.529. The van der Waals surface area contributed by atoms with Gasteiger partial charge in [-0.1, -0.05) is 12.1 Å². The summed E-state index contributed by atoms with van der Waals surface area (Å²) in [6, 6.07) is 6.70. The maximum atomic E-state index is 11.2. The average molecular weight is 314 g/mol. The molecular formula is C14H22N2O4S. The Morgan fingerprint density at radius 1 is 1.24 bits per heavy atom. The number of nitrogens with two attached hydrogens (primary N) is 1. The third-order valence-corrected chi connectivity index (χ3v) is 4.39. The van der Waals surface area contributed by atoms with Crippen LogP contribution in [0.2, 0.25) is 0 Å². The molecule has 0 aliphatic carbocycles. The summed E-state index contributed by atoms with van der Waals surface area (Å²) in [6.45, 7) is 6.93. The number of ether oxygens (including phenoxy) is 2. The largest absolute Gasteiger partial charge is 0.349 e. The molecular weight excluding hydrogens is 292 g/mol. The topological polar surface area (TPSA) is 90.7 Å². The molecule has 1 heterocycles. The maximum Gasteiger partial charge on any atom is 0.238 e. The standard InChI is InChI=1S/C14H22N2O4S/c1-10(16-12-8-19-14(2,3)20-9-12)11-4-6-13(7-5-11)21(15,17)18/h4-7,10,12,16H,8-9H2,1-3H3,(H2,15,17,18). The average Bonchev–Trinajstić information content (AvgIpc) is 2.40. The van der Waals surface area contributed by atoms with Crippen molar-refractivity contribution in [1.29, 1.82) is 0 Å². The van der Waals surface area contributed by atoms with E-state index in [0.29, 0.717) is 13.2 Å². The molecule has 7 heteroatoms.